The average molecular weight is 303 g/mol. The normalized spacial score (nSPS) is 12.2. The summed E-state index contributed by atoms with van der Waals surface area (Å²) in [6.45, 7) is 6.83. The van der Waals surface area contributed by atoms with Crippen LogP contribution in [0.4, 0.5) is 0 Å². The Morgan fingerprint density at radius 1 is 1.24 bits per heavy atom. The van der Waals surface area contributed by atoms with Crippen molar-refractivity contribution < 1.29 is 9.53 Å². The maximum Gasteiger partial charge on any atom is 0.327 e. The van der Waals surface area contributed by atoms with Crippen molar-refractivity contribution in [3.05, 3.63) is 56.8 Å². The molecule has 2 aromatic rings. The fraction of sp³-hybridized carbons (Fsp3) is 0.353. The number of esters is 1. The zero-order valence-electron chi connectivity index (χ0n) is 12.9. The summed E-state index contributed by atoms with van der Waals surface area (Å²) in [5.41, 5.74) is 4.51. The van der Waals surface area contributed by atoms with Gasteiger partial charge in [0, 0.05) is 11.4 Å². The summed E-state index contributed by atoms with van der Waals surface area (Å²) in [6.07, 6.45) is 0. The van der Waals surface area contributed by atoms with Gasteiger partial charge in [0.2, 0.25) is 0 Å². The molecule has 1 heterocycles. The van der Waals surface area contributed by atoms with E-state index in [2.05, 4.69) is 37.4 Å². The molecule has 0 aliphatic carbocycles. The first-order valence-corrected chi connectivity index (χ1v) is 7.82. The third-order valence-electron chi connectivity index (χ3n) is 3.69. The number of rotatable bonds is 5. The van der Waals surface area contributed by atoms with E-state index in [-0.39, 0.29) is 5.97 Å². The molecule has 0 spiro atoms. The topological polar surface area (TPSA) is 38.3 Å². The fourth-order valence-electron chi connectivity index (χ4n) is 2.35. The molecule has 112 valence electrons. The lowest BCUT2D eigenvalue weighted by Crippen LogP contribution is -2.29. The van der Waals surface area contributed by atoms with E-state index in [9.17, 15) is 4.79 Å². The number of thiophene rings is 1. The summed E-state index contributed by atoms with van der Waals surface area (Å²) in [5.74, 6) is -0.252. The van der Waals surface area contributed by atoms with E-state index in [0.717, 1.165) is 11.1 Å². The van der Waals surface area contributed by atoms with Crippen LogP contribution in [0.1, 0.15) is 33.2 Å². The molecule has 21 heavy (non-hydrogen) atoms. The van der Waals surface area contributed by atoms with Crippen molar-refractivity contribution >= 4 is 17.3 Å². The van der Waals surface area contributed by atoms with Gasteiger partial charge >= 0.3 is 5.97 Å². The average Bonchev–Trinajstić information content (AvgIpc) is 2.97. The number of hydrogen-bond acceptors (Lipinski definition) is 4. The van der Waals surface area contributed by atoms with E-state index in [1.807, 2.05) is 18.4 Å². The predicted molar refractivity (Wildman–Crippen MR) is 86.6 cm³/mol. The van der Waals surface area contributed by atoms with Crippen LogP contribution in [0.3, 0.4) is 0 Å². The van der Waals surface area contributed by atoms with E-state index in [1.165, 1.54) is 23.1 Å². The molecule has 1 unspecified atom stereocenters. The monoisotopic (exact) mass is 303 g/mol. The maximum atomic E-state index is 12.1. The van der Waals surface area contributed by atoms with Crippen LogP contribution in [0.5, 0.6) is 0 Å². The maximum absolute atomic E-state index is 12.1. The molecular weight excluding hydrogens is 282 g/mol. The number of aryl methyl sites for hydroxylation is 3. The Balaban J connectivity index is 2.27. The molecule has 1 aromatic heterocycles. The third kappa shape index (κ3) is 3.71. The highest BCUT2D eigenvalue weighted by atomic mass is 32.1. The Labute approximate surface area is 130 Å². The van der Waals surface area contributed by atoms with Crippen LogP contribution >= 0.6 is 11.3 Å². The van der Waals surface area contributed by atoms with E-state index < -0.39 is 6.04 Å². The zero-order chi connectivity index (χ0) is 15.4. The molecule has 0 saturated heterocycles. The second-order valence-electron chi connectivity index (χ2n) is 5.21. The molecule has 0 radical (unpaired) electrons. The SMILES string of the molecule is COC(=O)C(NCc1cccs1)c1cc(C)c(C)cc1C. The molecule has 1 atom stereocenters. The van der Waals surface area contributed by atoms with Crippen molar-refractivity contribution in [2.75, 3.05) is 7.11 Å². The lowest BCUT2D eigenvalue weighted by atomic mass is 9.95. The van der Waals surface area contributed by atoms with Crippen LogP contribution in [0.25, 0.3) is 0 Å². The van der Waals surface area contributed by atoms with Crippen LogP contribution in [0, 0.1) is 20.8 Å². The minimum atomic E-state index is -0.434. The van der Waals surface area contributed by atoms with Crippen molar-refractivity contribution in [1.29, 1.82) is 0 Å². The van der Waals surface area contributed by atoms with Gasteiger partial charge in [-0.1, -0.05) is 18.2 Å². The Kier molecular flexibility index (Phi) is 5.15. The van der Waals surface area contributed by atoms with Gasteiger partial charge in [0.15, 0.2) is 0 Å². The lowest BCUT2D eigenvalue weighted by Gasteiger charge is -2.20. The molecular formula is C17H21NO2S. The minimum Gasteiger partial charge on any atom is -0.468 e. The van der Waals surface area contributed by atoms with Gasteiger partial charge in [0.1, 0.15) is 6.04 Å². The van der Waals surface area contributed by atoms with Crippen LogP contribution < -0.4 is 5.32 Å². The molecule has 0 saturated carbocycles. The van der Waals surface area contributed by atoms with E-state index >= 15 is 0 Å². The first-order valence-electron chi connectivity index (χ1n) is 6.94. The Morgan fingerprint density at radius 2 is 1.95 bits per heavy atom. The Hall–Kier alpha value is -1.65. The smallest absolute Gasteiger partial charge is 0.327 e. The molecule has 0 aliphatic heterocycles. The number of methoxy groups -OCH3 is 1. The molecule has 1 N–H and O–H groups in total. The first kappa shape index (κ1) is 15.7. The van der Waals surface area contributed by atoms with Gasteiger partial charge in [0.05, 0.1) is 7.11 Å². The summed E-state index contributed by atoms with van der Waals surface area (Å²) >= 11 is 1.67. The standard InChI is InChI=1S/C17H21NO2S/c1-11-8-13(3)15(9-12(11)2)16(17(19)20-4)18-10-14-6-5-7-21-14/h5-9,16,18H,10H2,1-4H3. The van der Waals surface area contributed by atoms with E-state index in [0.29, 0.717) is 6.54 Å². The summed E-state index contributed by atoms with van der Waals surface area (Å²) in [6, 6.07) is 7.83. The van der Waals surface area contributed by atoms with Gasteiger partial charge in [0.25, 0.3) is 0 Å². The zero-order valence-corrected chi connectivity index (χ0v) is 13.7. The predicted octanol–water partition coefficient (Wildman–Crippen LogP) is 3.68. The van der Waals surface area contributed by atoms with Gasteiger partial charge < -0.3 is 4.74 Å². The molecule has 3 nitrogen and oxygen atoms in total. The Bertz CT molecular complexity index is 620. The number of ether oxygens (including phenoxy) is 1. The highest BCUT2D eigenvalue weighted by molar-refractivity contribution is 7.09. The van der Waals surface area contributed by atoms with Gasteiger partial charge in [-0.3, -0.25) is 5.32 Å². The highest BCUT2D eigenvalue weighted by Crippen LogP contribution is 2.23. The molecule has 0 amide bonds. The largest absolute Gasteiger partial charge is 0.468 e. The first-order chi connectivity index (χ1) is 10.0. The molecule has 0 fully saturated rings. The second-order valence-corrected chi connectivity index (χ2v) is 6.24. The van der Waals surface area contributed by atoms with Crippen LogP contribution in [0.15, 0.2) is 29.6 Å². The number of carbonyl (C=O) groups is 1. The summed E-state index contributed by atoms with van der Waals surface area (Å²) in [4.78, 5) is 13.3. The number of nitrogens with one attached hydrogen (secondary N) is 1. The van der Waals surface area contributed by atoms with Crippen LogP contribution in [-0.2, 0) is 16.1 Å². The molecule has 2 rings (SSSR count). The van der Waals surface area contributed by atoms with Gasteiger partial charge in [-0.2, -0.15) is 0 Å². The molecule has 0 aliphatic rings. The lowest BCUT2D eigenvalue weighted by molar-refractivity contribution is -0.143. The van der Waals surface area contributed by atoms with Crippen LogP contribution in [-0.4, -0.2) is 13.1 Å². The third-order valence-corrected chi connectivity index (χ3v) is 4.57. The quantitative estimate of drug-likeness (QED) is 0.856. The van der Waals surface area contributed by atoms with Crippen molar-refractivity contribution in [3.63, 3.8) is 0 Å². The van der Waals surface area contributed by atoms with Crippen molar-refractivity contribution in [1.82, 2.24) is 5.32 Å². The van der Waals surface area contributed by atoms with Crippen molar-refractivity contribution in [2.45, 2.75) is 33.4 Å². The summed E-state index contributed by atoms with van der Waals surface area (Å²) < 4.78 is 4.96. The molecule has 4 heteroatoms. The number of carbonyl (C=O) groups excluding carboxylic acids is 1. The molecule has 0 bridgehead atoms. The van der Waals surface area contributed by atoms with E-state index in [4.69, 9.17) is 4.74 Å². The summed E-state index contributed by atoms with van der Waals surface area (Å²) in [5, 5.41) is 5.35. The number of benzene rings is 1. The van der Waals surface area contributed by atoms with E-state index in [1.54, 1.807) is 11.3 Å². The van der Waals surface area contributed by atoms with Gasteiger partial charge in [-0.25, -0.2) is 4.79 Å². The summed E-state index contributed by atoms with van der Waals surface area (Å²) in [7, 11) is 1.43. The van der Waals surface area contributed by atoms with Crippen LogP contribution in [0.2, 0.25) is 0 Å². The second kappa shape index (κ2) is 6.87. The van der Waals surface area contributed by atoms with Crippen molar-refractivity contribution in [2.24, 2.45) is 0 Å². The van der Waals surface area contributed by atoms with Crippen molar-refractivity contribution in [3.8, 4) is 0 Å². The van der Waals surface area contributed by atoms with Gasteiger partial charge in [-0.15, -0.1) is 11.3 Å². The van der Waals surface area contributed by atoms with Gasteiger partial charge in [-0.05, 0) is 54.5 Å². The molecule has 1 aromatic carbocycles. The fourth-order valence-corrected chi connectivity index (χ4v) is 3.00. The minimum absolute atomic E-state index is 0.252. The highest BCUT2D eigenvalue weighted by Gasteiger charge is 2.23. The Morgan fingerprint density at radius 3 is 2.57 bits per heavy atom. The number of hydrogen-bond donors (Lipinski definition) is 1.